The Hall–Kier alpha value is -2.47. The van der Waals surface area contributed by atoms with Crippen LogP contribution in [0.4, 0.5) is 14.5 Å². The number of nitrogens with one attached hydrogen (secondary N) is 2. The Morgan fingerprint density at radius 2 is 1.75 bits per heavy atom. The zero-order valence-corrected chi connectivity index (χ0v) is 16.5. The molecule has 0 bridgehead atoms. The minimum absolute atomic E-state index is 0.00983. The summed E-state index contributed by atoms with van der Waals surface area (Å²) in [7, 11) is 3.97. The highest BCUT2D eigenvalue weighted by Gasteiger charge is 2.34. The Morgan fingerprint density at radius 3 is 2.32 bits per heavy atom. The Balaban J connectivity index is 1.62. The average molecular weight is 387 g/mol. The van der Waals surface area contributed by atoms with Crippen LogP contribution in [-0.2, 0) is 17.3 Å². The molecule has 0 aromatic heterocycles. The smallest absolute Gasteiger partial charge is 0.270 e. The molecule has 0 aliphatic carbocycles. The molecule has 2 atom stereocenters. The molecule has 2 N–H and O–H groups in total. The maximum Gasteiger partial charge on any atom is 0.270 e. The highest BCUT2D eigenvalue weighted by molar-refractivity contribution is 5.80. The second kappa shape index (κ2) is 8.27. The number of amides is 1. The normalized spacial score (nSPS) is 19.5. The molecule has 28 heavy (non-hydrogen) atoms. The van der Waals surface area contributed by atoms with Gasteiger partial charge in [0.2, 0.25) is 5.91 Å². The number of alkyl halides is 2. The van der Waals surface area contributed by atoms with Gasteiger partial charge in [-0.1, -0.05) is 36.4 Å². The summed E-state index contributed by atoms with van der Waals surface area (Å²) in [6.07, 6.45) is 0. The first-order valence-corrected chi connectivity index (χ1v) is 9.48. The number of halogens is 2. The molecule has 1 aliphatic rings. The van der Waals surface area contributed by atoms with Crippen LogP contribution in [-0.4, -0.2) is 33.1 Å². The molecular formula is C22H27F2N3O. The highest BCUT2D eigenvalue weighted by atomic mass is 19.3. The first-order chi connectivity index (χ1) is 13.3. The summed E-state index contributed by atoms with van der Waals surface area (Å²) < 4.78 is 26.8. The molecule has 0 spiro atoms. The van der Waals surface area contributed by atoms with Gasteiger partial charge < -0.3 is 15.5 Å². The van der Waals surface area contributed by atoms with E-state index in [0.717, 1.165) is 23.7 Å². The molecule has 1 amide bonds. The largest absolute Gasteiger partial charge is 0.378 e. The molecule has 3 rings (SSSR count). The van der Waals surface area contributed by atoms with E-state index in [1.165, 1.54) is 12.1 Å². The number of benzene rings is 2. The summed E-state index contributed by atoms with van der Waals surface area (Å²) in [5.74, 6) is -3.10. The van der Waals surface area contributed by atoms with Gasteiger partial charge in [0.15, 0.2) is 0 Å². The lowest BCUT2D eigenvalue weighted by molar-refractivity contribution is -0.125. The topological polar surface area (TPSA) is 44.4 Å². The standard InChI is InChI=1S/C22H27F2N3O/c1-22(23,24)17-8-6-16(7-9-17)19-13-25-14-20(19)21(28)26-12-15-4-10-18(11-5-15)27(2)3/h4-11,19-20,25H,12-14H2,1-3H3,(H,26,28)/t19-,20+/m1/s1. The molecule has 150 valence electrons. The number of carbonyl (C=O) groups is 1. The molecule has 1 heterocycles. The van der Waals surface area contributed by atoms with Crippen molar-refractivity contribution < 1.29 is 13.6 Å². The van der Waals surface area contributed by atoms with Gasteiger partial charge in [-0.05, 0) is 23.3 Å². The number of carbonyl (C=O) groups excluding carboxylic acids is 1. The predicted octanol–water partition coefficient (Wildman–Crippen LogP) is 3.48. The SMILES string of the molecule is CN(C)c1ccc(CNC(=O)[C@H]2CNC[C@@H]2c2ccc(C(C)(F)F)cc2)cc1. The molecule has 0 unspecified atom stereocenters. The van der Waals surface area contributed by atoms with Crippen LogP contribution in [0, 0.1) is 5.92 Å². The van der Waals surface area contributed by atoms with Crippen LogP contribution in [0.15, 0.2) is 48.5 Å². The number of rotatable bonds is 6. The summed E-state index contributed by atoms with van der Waals surface area (Å²) in [6.45, 7) is 2.61. The lowest BCUT2D eigenvalue weighted by Gasteiger charge is -2.20. The van der Waals surface area contributed by atoms with E-state index >= 15 is 0 Å². The number of hydrogen-bond donors (Lipinski definition) is 2. The summed E-state index contributed by atoms with van der Waals surface area (Å²) in [5.41, 5.74) is 3.05. The molecule has 1 aliphatic heterocycles. The van der Waals surface area contributed by atoms with Crippen molar-refractivity contribution in [1.29, 1.82) is 0 Å². The van der Waals surface area contributed by atoms with E-state index in [1.54, 1.807) is 12.1 Å². The van der Waals surface area contributed by atoms with E-state index in [0.29, 0.717) is 19.6 Å². The van der Waals surface area contributed by atoms with Crippen LogP contribution in [0.3, 0.4) is 0 Å². The van der Waals surface area contributed by atoms with Crippen LogP contribution in [0.25, 0.3) is 0 Å². The van der Waals surface area contributed by atoms with Crippen molar-refractivity contribution in [3.8, 4) is 0 Å². The third-order valence-electron chi connectivity index (χ3n) is 5.32. The minimum Gasteiger partial charge on any atom is -0.378 e. The summed E-state index contributed by atoms with van der Waals surface area (Å²) in [4.78, 5) is 14.7. The van der Waals surface area contributed by atoms with Crippen molar-refractivity contribution in [2.75, 3.05) is 32.1 Å². The quantitative estimate of drug-likeness (QED) is 0.798. The maximum absolute atomic E-state index is 13.4. The summed E-state index contributed by atoms with van der Waals surface area (Å²) in [6, 6.07) is 14.4. The van der Waals surface area contributed by atoms with Crippen molar-refractivity contribution in [3.05, 3.63) is 65.2 Å². The summed E-state index contributed by atoms with van der Waals surface area (Å²) in [5, 5.41) is 6.26. The van der Waals surface area contributed by atoms with Crippen LogP contribution < -0.4 is 15.5 Å². The van der Waals surface area contributed by atoms with E-state index in [1.807, 2.05) is 43.3 Å². The van der Waals surface area contributed by atoms with E-state index < -0.39 is 5.92 Å². The monoisotopic (exact) mass is 387 g/mol. The van der Waals surface area contributed by atoms with E-state index in [9.17, 15) is 13.6 Å². The Morgan fingerprint density at radius 1 is 1.11 bits per heavy atom. The van der Waals surface area contributed by atoms with Crippen molar-refractivity contribution in [3.63, 3.8) is 0 Å². The molecule has 1 fully saturated rings. The third-order valence-corrected chi connectivity index (χ3v) is 5.32. The number of anilines is 1. The second-order valence-corrected chi connectivity index (χ2v) is 7.66. The van der Waals surface area contributed by atoms with Crippen LogP contribution in [0.1, 0.15) is 29.5 Å². The van der Waals surface area contributed by atoms with Gasteiger partial charge in [-0.15, -0.1) is 0 Å². The van der Waals surface area contributed by atoms with Crippen LogP contribution >= 0.6 is 0 Å². The maximum atomic E-state index is 13.4. The average Bonchev–Trinajstić information content (AvgIpc) is 3.16. The molecule has 0 saturated carbocycles. The van der Waals surface area contributed by atoms with Gasteiger partial charge in [-0.25, -0.2) is 8.78 Å². The zero-order valence-electron chi connectivity index (χ0n) is 16.5. The predicted molar refractivity (Wildman–Crippen MR) is 108 cm³/mol. The number of nitrogens with zero attached hydrogens (tertiary/aromatic N) is 1. The first-order valence-electron chi connectivity index (χ1n) is 9.48. The molecule has 2 aromatic carbocycles. The van der Waals surface area contributed by atoms with Crippen molar-refractivity contribution >= 4 is 11.6 Å². The molecule has 6 heteroatoms. The van der Waals surface area contributed by atoms with Crippen molar-refractivity contribution in [2.24, 2.45) is 5.92 Å². The van der Waals surface area contributed by atoms with E-state index in [2.05, 4.69) is 10.6 Å². The van der Waals surface area contributed by atoms with Gasteiger partial charge in [0, 0.05) is 57.8 Å². The molecule has 2 aromatic rings. The minimum atomic E-state index is -2.86. The van der Waals surface area contributed by atoms with Crippen LogP contribution in [0.2, 0.25) is 0 Å². The summed E-state index contributed by atoms with van der Waals surface area (Å²) >= 11 is 0. The molecular weight excluding hydrogens is 360 g/mol. The third kappa shape index (κ3) is 4.68. The van der Waals surface area contributed by atoms with Gasteiger partial charge in [0.05, 0.1) is 5.92 Å². The van der Waals surface area contributed by atoms with Crippen LogP contribution in [0.5, 0.6) is 0 Å². The fourth-order valence-corrected chi connectivity index (χ4v) is 3.56. The van der Waals surface area contributed by atoms with E-state index in [-0.39, 0.29) is 23.3 Å². The molecule has 4 nitrogen and oxygen atoms in total. The lowest BCUT2D eigenvalue weighted by atomic mass is 9.87. The molecule has 0 radical (unpaired) electrons. The molecule has 1 saturated heterocycles. The van der Waals surface area contributed by atoms with Gasteiger partial charge in [0.25, 0.3) is 5.92 Å². The fourth-order valence-electron chi connectivity index (χ4n) is 3.56. The first kappa shape index (κ1) is 20.3. The number of hydrogen-bond acceptors (Lipinski definition) is 3. The Kier molecular flexibility index (Phi) is 5.98. The van der Waals surface area contributed by atoms with Crippen molar-refractivity contribution in [1.82, 2.24) is 10.6 Å². The van der Waals surface area contributed by atoms with E-state index in [4.69, 9.17) is 0 Å². The Bertz CT molecular complexity index is 798. The Labute approximate surface area is 164 Å². The zero-order chi connectivity index (χ0) is 20.3. The van der Waals surface area contributed by atoms with Crippen molar-refractivity contribution in [2.45, 2.75) is 25.3 Å². The van der Waals surface area contributed by atoms with Gasteiger partial charge in [0.1, 0.15) is 0 Å². The van der Waals surface area contributed by atoms with Gasteiger partial charge in [-0.2, -0.15) is 0 Å². The lowest BCUT2D eigenvalue weighted by Crippen LogP contribution is -2.34. The second-order valence-electron chi connectivity index (χ2n) is 7.66. The van der Waals surface area contributed by atoms with Gasteiger partial charge in [-0.3, -0.25) is 4.79 Å². The van der Waals surface area contributed by atoms with Gasteiger partial charge >= 0.3 is 0 Å². The highest BCUT2D eigenvalue weighted by Crippen LogP contribution is 2.32. The fraction of sp³-hybridized carbons (Fsp3) is 0.409.